The number of carbonyl (C=O) groups is 1. The molecule has 0 aromatic carbocycles. The number of nitrogens with zero attached hydrogens (tertiary/aromatic N) is 1. The van der Waals surface area contributed by atoms with Crippen LogP contribution in [-0.4, -0.2) is 37.6 Å². The first-order chi connectivity index (χ1) is 9.96. The number of thiophene rings is 1. The van der Waals surface area contributed by atoms with Crippen molar-refractivity contribution in [2.24, 2.45) is 0 Å². The Kier molecular flexibility index (Phi) is 5.40. The highest BCUT2D eigenvalue weighted by molar-refractivity contribution is 7.89. The molecule has 7 heteroatoms. The number of sulfonamides is 1. The average molecular weight is 330 g/mol. The SMILES string of the molecule is CCC[C@@H](NS(=O)(=O)CC)C(=O)N1CCc2sccc2C1. The maximum absolute atomic E-state index is 12.6. The van der Waals surface area contributed by atoms with Crippen LogP contribution in [0.5, 0.6) is 0 Å². The van der Waals surface area contributed by atoms with E-state index < -0.39 is 16.1 Å². The predicted molar refractivity (Wildman–Crippen MR) is 84.7 cm³/mol. The monoisotopic (exact) mass is 330 g/mol. The topological polar surface area (TPSA) is 66.5 Å². The van der Waals surface area contributed by atoms with Gasteiger partial charge >= 0.3 is 0 Å². The molecule has 0 fully saturated rings. The zero-order valence-electron chi connectivity index (χ0n) is 12.5. The molecule has 0 bridgehead atoms. The molecule has 21 heavy (non-hydrogen) atoms. The van der Waals surface area contributed by atoms with Crippen LogP contribution in [0.2, 0.25) is 0 Å². The molecule has 0 unspecified atom stereocenters. The van der Waals surface area contributed by atoms with Crippen LogP contribution in [0.25, 0.3) is 0 Å². The van der Waals surface area contributed by atoms with E-state index in [1.54, 1.807) is 23.2 Å². The fraction of sp³-hybridized carbons (Fsp3) is 0.643. The van der Waals surface area contributed by atoms with Crippen LogP contribution in [0.4, 0.5) is 0 Å². The first kappa shape index (κ1) is 16.5. The van der Waals surface area contributed by atoms with Crippen molar-refractivity contribution in [1.29, 1.82) is 0 Å². The Balaban J connectivity index is 2.09. The molecule has 0 saturated heterocycles. The lowest BCUT2D eigenvalue weighted by Gasteiger charge is -2.30. The van der Waals surface area contributed by atoms with Crippen molar-refractivity contribution in [2.75, 3.05) is 12.3 Å². The van der Waals surface area contributed by atoms with Gasteiger partial charge in [-0.3, -0.25) is 4.79 Å². The first-order valence-electron chi connectivity index (χ1n) is 7.31. The smallest absolute Gasteiger partial charge is 0.241 e. The van der Waals surface area contributed by atoms with Crippen LogP contribution in [0.1, 0.15) is 37.1 Å². The first-order valence-corrected chi connectivity index (χ1v) is 9.84. The largest absolute Gasteiger partial charge is 0.337 e. The number of amides is 1. The van der Waals surface area contributed by atoms with Gasteiger partial charge in [-0.2, -0.15) is 0 Å². The fourth-order valence-electron chi connectivity index (χ4n) is 2.48. The Morgan fingerprint density at radius 1 is 1.48 bits per heavy atom. The lowest BCUT2D eigenvalue weighted by atomic mass is 10.1. The Morgan fingerprint density at radius 2 is 2.24 bits per heavy atom. The van der Waals surface area contributed by atoms with E-state index >= 15 is 0 Å². The van der Waals surface area contributed by atoms with Crippen molar-refractivity contribution in [3.63, 3.8) is 0 Å². The standard InChI is InChI=1S/C14H22N2O3S2/c1-3-5-12(15-21(18,19)4-2)14(17)16-8-6-13-11(10-16)7-9-20-13/h7,9,12,15H,3-6,8,10H2,1-2H3/t12-/m1/s1. The van der Waals surface area contributed by atoms with Crippen molar-refractivity contribution in [2.45, 2.75) is 45.7 Å². The summed E-state index contributed by atoms with van der Waals surface area (Å²) in [5.74, 6) is -0.111. The van der Waals surface area contributed by atoms with Crippen LogP contribution in [-0.2, 0) is 27.8 Å². The van der Waals surface area contributed by atoms with Gasteiger partial charge in [-0.25, -0.2) is 13.1 Å². The summed E-state index contributed by atoms with van der Waals surface area (Å²) in [7, 11) is -3.37. The molecule has 0 saturated carbocycles. The second-order valence-electron chi connectivity index (χ2n) is 5.24. The molecular weight excluding hydrogens is 308 g/mol. The molecular formula is C14H22N2O3S2. The van der Waals surface area contributed by atoms with Gasteiger partial charge in [0.1, 0.15) is 6.04 Å². The van der Waals surface area contributed by atoms with Crippen molar-refractivity contribution in [3.8, 4) is 0 Å². The Hall–Kier alpha value is -0.920. The number of hydrogen-bond donors (Lipinski definition) is 1. The van der Waals surface area contributed by atoms with E-state index in [1.165, 1.54) is 10.4 Å². The molecule has 1 N–H and O–H groups in total. The van der Waals surface area contributed by atoms with E-state index in [0.717, 1.165) is 12.8 Å². The lowest BCUT2D eigenvalue weighted by molar-refractivity contribution is -0.134. The van der Waals surface area contributed by atoms with E-state index in [9.17, 15) is 13.2 Å². The van der Waals surface area contributed by atoms with Gasteiger partial charge in [0.25, 0.3) is 0 Å². The number of carbonyl (C=O) groups excluding carboxylic acids is 1. The van der Waals surface area contributed by atoms with Crippen LogP contribution in [0, 0.1) is 0 Å². The minimum absolute atomic E-state index is 0.00479. The maximum atomic E-state index is 12.6. The zero-order chi connectivity index (χ0) is 15.5. The number of hydrogen-bond acceptors (Lipinski definition) is 4. The third kappa shape index (κ3) is 4.05. The third-order valence-corrected chi connectivity index (χ3v) is 6.12. The summed E-state index contributed by atoms with van der Waals surface area (Å²) in [6.45, 7) is 4.79. The van der Waals surface area contributed by atoms with E-state index in [-0.39, 0.29) is 11.7 Å². The number of rotatable bonds is 6. The van der Waals surface area contributed by atoms with Gasteiger partial charge in [-0.15, -0.1) is 11.3 Å². The number of fused-ring (bicyclic) bond motifs is 1. The lowest BCUT2D eigenvalue weighted by Crippen LogP contribution is -2.49. The van der Waals surface area contributed by atoms with E-state index in [1.807, 2.05) is 18.4 Å². The summed E-state index contributed by atoms with van der Waals surface area (Å²) in [5.41, 5.74) is 1.19. The molecule has 2 heterocycles. The van der Waals surface area contributed by atoms with Crippen LogP contribution >= 0.6 is 11.3 Å². The highest BCUT2D eigenvalue weighted by Gasteiger charge is 2.29. The minimum atomic E-state index is -3.37. The van der Waals surface area contributed by atoms with Gasteiger partial charge < -0.3 is 4.90 Å². The van der Waals surface area contributed by atoms with Gasteiger partial charge in [0, 0.05) is 18.0 Å². The Labute approximate surface area is 130 Å². The van der Waals surface area contributed by atoms with Gasteiger partial charge in [-0.05, 0) is 36.8 Å². The normalized spacial score (nSPS) is 16.6. The van der Waals surface area contributed by atoms with Crippen LogP contribution in [0.15, 0.2) is 11.4 Å². The van der Waals surface area contributed by atoms with Crippen molar-refractivity contribution < 1.29 is 13.2 Å². The molecule has 1 aliphatic heterocycles. The molecule has 1 aliphatic rings. The minimum Gasteiger partial charge on any atom is -0.337 e. The molecule has 0 radical (unpaired) electrons. The molecule has 1 aromatic rings. The Bertz CT molecular complexity index is 595. The molecule has 1 amide bonds. The van der Waals surface area contributed by atoms with Crippen LogP contribution < -0.4 is 4.72 Å². The van der Waals surface area contributed by atoms with Crippen LogP contribution in [0.3, 0.4) is 0 Å². The molecule has 118 valence electrons. The fourth-order valence-corrected chi connectivity index (χ4v) is 4.19. The predicted octanol–water partition coefficient (Wildman–Crippen LogP) is 1.74. The Morgan fingerprint density at radius 3 is 2.90 bits per heavy atom. The molecule has 2 rings (SSSR count). The molecule has 1 aromatic heterocycles. The van der Waals surface area contributed by atoms with Crippen molar-refractivity contribution in [1.82, 2.24) is 9.62 Å². The highest BCUT2D eigenvalue weighted by atomic mass is 32.2. The maximum Gasteiger partial charge on any atom is 0.241 e. The molecule has 0 spiro atoms. The summed E-state index contributed by atoms with van der Waals surface area (Å²) in [4.78, 5) is 15.7. The van der Waals surface area contributed by atoms with Gasteiger partial charge in [-0.1, -0.05) is 13.3 Å². The van der Waals surface area contributed by atoms with E-state index in [0.29, 0.717) is 19.5 Å². The third-order valence-electron chi connectivity index (χ3n) is 3.70. The zero-order valence-corrected chi connectivity index (χ0v) is 14.1. The van der Waals surface area contributed by atoms with Gasteiger partial charge in [0.2, 0.25) is 15.9 Å². The summed E-state index contributed by atoms with van der Waals surface area (Å²) >= 11 is 1.72. The second-order valence-corrected chi connectivity index (χ2v) is 8.28. The van der Waals surface area contributed by atoms with Gasteiger partial charge in [0.05, 0.1) is 5.75 Å². The number of nitrogens with one attached hydrogen (secondary N) is 1. The summed E-state index contributed by atoms with van der Waals surface area (Å²) in [5, 5.41) is 2.04. The highest BCUT2D eigenvalue weighted by Crippen LogP contribution is 2.24. The van der Waals surface area contributed by atoms with E-state index in [2.05, 4.69) is 4.72 Å². The summed E-state index contributed by atoms with van der Waals surface area (Å²) < 4.78 is 26.0. The molecule has 5 nitrogen and oxygen atoms in total. The average Bonchev–Trinajstić information content (AvgIpc) is 2.93. The molecule has 0 aliphatic carbocycles. The van der Waals surface area contributed by atoms with Crippen molar-refractivity contribution >= 4 is 27.3 Å². The second kappa shape index (κ2) is 6.89. The summed E-state index contributed by atoms with van der Waals surface area (Å²) in [6.07, 6.45) is 2.16. The summed E-state index contributed by atoms with van der Waals surface area (Å²) in [6, 6.07) is 1.41. The molecule has 1 atom stereocenters. The quantitative estimate of drug-likeness (QED) is 0.864. The van der Waals surface area contributed by atoms with Crippen molar-refractivity contribution in [3.05, 3.63) is 21.9 Å². The van der Waals surface area contributed by atoms with E-state index in [4.69, 9.17) is 0 Å². The van der Waals surface area contributed by atoms with Gasteiger partial charge in [0.15, 0.2) is 0 Å².